The lowest BCUT2D eigenvalue weighted by atomic mass is 10.2. The highest BCUT2D eigenvalue weighted by molar-refractivity contribution is 7.09. The van der Waals surface area contributed by atoms with Crippen LogP contribution < -0.4 is 0 Å². The van der Waals surface area contributed by atoms with E-state index in [0.29, 0.717) is 0 Å². The Morgan fingerprint density at radius 1 is 1.65 bits per heavy atom. The number of nitrogens with zero attached hydrogens (tertiary/aromatic N) is 2. The average Bonchev–Trinajstić information content (AvgIpc) is 2.95. The molecule has 9 heteroatoms. The van der Waals surface area contributed by atoms with Gasteiger partial charge in [0.1, 0.15) is 11.0 Å². The van der Waals surface area contributed by atoms with E-state index < -0.39 is 30.0 Å². The Labute approximate surface area is 117 Å². The van der Waals surface area contributed by atoms with Gasteiger partial charge in [-0.15, -0.1) is 11.3 Å². The predicted octanol–water partition coefficient (Wildman–Crippen LogP) is 1.27. The predicted molar refractivity (Wildman–Crippen MR) is 64.0 cm³/mol. The van der Waals surface area contributed by atoms with Crippen LogP contribution in [-0.4, -0.2) is 46.8 Å². The summed E-state index contributed by atoms with van der Waals surface area (Å²) < 4.78 is 42.0. The van der Waals surface area contributed by atoms with Gasteiger partial charge in [-0.3, -0.25) is 9.69 Å². The molecule has 5 nitrogen and oxygen atoms in total. The normalized spacial score (nSPS) is 24.1. The molecule has 1 N–H and O–H groups in total. The molecule has 0 saturated carbocycles. The number of likely N-dealkylation sites (tertiary alicyclic amines) is 1. The number of hydrogen-bond donors (Lipinski definition) is 1. The zero-order valence-electron chi connectivity index (χ0n) is 10.6. The van der Waals surface area contributed by atoms with Crippen molar-refractivity contribution in [3.8, 4) is 0 Å². The van der Waals surface area contributed by atoms with E-state index in [1.165, 1.54) is 7.11 Å². The molecule has 1 aromatic rings. The smallest absolute Gasteiger partial charge is 0.434 e. The molecular formula is C11H13F3N2O3S. The van der Waals surface area contributed by atoms with Crippen molar-refractivity contribution in [2.45, 2.75) is 31.3 Å². The number of carbonyl (C=O) groups excluding carboxylic acids is 1. The Balaban J connectivity index is 2.08. The number of rotatable bonds is 3. The van der Waals surface area contributed by atoms with Crippen molar-refractivity contribution in [3.05, 3.63) is 16.1 Å². The van der Waals surface area contributed by atoms with Crippen LogP contribution in [0.5, 0.6) is 0 Å². The van der Waals surface area contributed by atoms with Gasteiger partial charge in [0.25, 0.3) is 0 Å². The molecule has 20 heavy (non-hydrogen) atoms. The van der Waals surface area contributed by atoms with E-state index in [2.05, 4.69) is 9.72 Å². The van der Waals surface area contributed by atoms with Gasteiger partial charge in [-0.25, -0.2) is 4.98 Å². The maximum Gasteiger partial charge on any atom is 0.434 e. The fourth-order valence-electron chi connectivity index (χ4n) is 2.12. The molecule has 1 aromatic heterocycles. The second-order valence-electron chi connectivity index (χ2n) is 4.48. The molecule has 0 bridgehead atoms. The molecule has 1 aliphatic rings. The molecule has 112 valence electrons. The standard InChI is InChI=1S/C11H13F3N2O3S/c1-19-10(18)7-2-6(17)3-16(7)4-9-15-8(5-20-9)11(12,13)14/h5-7,17H,2-4H2,1H3/t6-,7+/m1/s1. The van der Waals surface area contributed by atoms with Gasteiger partial charge in [-0.05, 0) is 0 Å². The summed E-state index contributed by atoms with van der Waals surface area (Å²) in [6.07, 6.45) is -4.95. The zero-order valence-corrected chi connectivity index (χ0v) is 11.4. The average molecular weight is 310 g/mol. The minimum absolute atomic E-state index is 0.0809. The first-order valence-corrected chi connectivity index (χ1v) is 6.70. The third-order valence-corrected chi connectivity index (χ3v) is 3.87. The molecule has 2 rings (SSSR count). The Kier molecular flexibility index (Phi) is 4.31. The second kappa shape index (κ2) is 5.66. The lowest BCUT2D eigenvalue weighted by Gasteiger charge is -2.20. The van der Waals surface area contributed by atoms with Gasteiger partial charge in [0.05, 0.1) is 19.8 Å². The first-order valence-electron chi connectivity index (χ1n) is 5.82. The van der Waals surface area contributed by atoms with E-state index in [-0.39, 0.29) is 24.5 Å². The number of ether oxygens (including phenoxy) is 1. The number of halogens is 3. The molecule has 2 atom stereocenters. The number of aliphatic hydroxyl groups is 1. The number of aliphatic hydroxyl groups excluding tert-OH is 1. The van der Waals surface area contributed by atoms with E-state index in [1.54, 1.807) is 4.90 Å². The van der Waals surface area contributed by atoms with Crippen molar-refractivity contribution in [3.63, 3.8) is 0 Å². The Hall–Kier alpha value is -1.19. The fourth-order valence-corrected chi connectivity index (χ4v) is 2.95. The molecule has 1 saturated heterocycles. The van der Waals surface area contributed by atoms with E-state index >= 15 is 0 Å². The maximum absolute atomic E-state index is 12.5. The topological polar surface area (TPSA) is 62.7 Å². The summed E-state index contributed by atoms with van der Waals surface area (Å²) in [7, 11) is 1.23. The number of β-amino-alcohol motifs (C(OH)–C–C–N with tert-alkyl or cyclic N) is 1. The summed E-state index contributed by atoms with van der Waals surface area (Å²) in [5.74, 6) is -0.505. The van der Waals surface area contributed by atoms with Gasteiger partial charge in [0.15, 0.2) is 5.69 Å². The van der Waals surface area contributed by atoms with Gasteiger partial charge in [0.2, 0.25) is 0 Å². The first kappa shape index (κ1) is 15.2. The van der Waals surface area contributed by atoms with Crippen LogP contribution in [0.4, 0.5) is 13.2 Å². The lowest BCUT2D eigenvalue weighted by molar-refractivity contribution is -0.146. The minimum atomic E-state index is -4.47. The quantitative estimate of drug-likeness (QED) is 0.852. The van der Waals surface area contributed by atoms with E-state index in [0.717, 1.165) is 16.7 Å². The molecule has 0 aromatic carbocycles. The van der Waals surface area contributed by atoms with E-state index in [9.17, 15) is 23.1 Å². The highest BCUT2D eigenvalue weighted by Gasteiger charge is 2.38. The molecule has 0 amide bonds. The lowest BCUT2D eigenvalue weighted by Crippen LogP contribution is -2.36. The van der Waals surface area contributed by atoms with Crippen LogP contribution in [-0.2, 0) is 22.3 Å². The summed E-state index contributed by atoms with van der Waals surface area (Å²) in [5.41, 5.74) is -0.938. The monoisotopic (exact) mass is 310 g/mol. The molecule has 0 spiro atoms. The van der Waals surface area contributed by atoms with Crippen molar-refractivity contribution in [1.82, 2.24) is 9.88 Å². The van der Waals surface area contributed by atoms with Gasteiger partial charge in [-0.1, -0.05) is 0 Å². The number of hydrogen-bond acceptors (Lipinski definition) is 6. The summed E-state index contributed by atoms with van der Waals surface area (Å²) in [6.45, 7) is 0.290. The molecule has 0 radical (unpaired) electrons. The number of carbonyl (C=O) groups is 1. The van der Waals surface area contributed by atoms with Crippen molar-refractivity contribution in [2.75, 3.05) is 13.7 Å². The highest BCUT2D eigenvalue weighted by Crippen LogP contribution is 2.31. The summed E-state index contributed by atoms with van der Waals surface area (Å²) in [6, 6.07) is -0.645. The number of esters is 1. The third-order valence-electron chi connectivity index (χ3n) is 3.04. The van der Waals surface area contributed by atoms with Crippen LogP contribution in [0.3, 0.4) is 0 Å². The van der Waals surface area contributed by atoms with Crippen molar-refractivity contribution in [2.24, 2.45) is 0 Å². The Bertz CT molecular complexity index is 492. The van der Waals surface area contributed by atoms with Gasteiger partial charge in [-0.2, -0.15) is 13.2 Å². The Morgan fingerprint density at radius 3 is 2.90 bits per heavy atom. The van der Waals surface area contributed by atoms with Crippen LogP contribution >= 0.6 is 11.3 Å². The highest BCUT2D eigenvalue weighted by atomic mass is 32.1. The minimum Gasteiger partial charge on any atom is -0.468 e. The fraction of sp³-hybridized carbons (Fsp3) is 0.636. The van der Waals surface area contributed by atoms with Gasteiger partial charge < -0.3 is 9.84 Å². The van der Waals surface area contributed by atoms with Crippen LogP contribution in [0, 0.1) is 0 Å². The number of aromatic nitrogens is 1. The SMILES string of the molecule is COC(=O)[C@@H]1C[C@@H](O)CN1Cc1nc(C(F)(F)F)cs1. The van der Waals surface area contributed by atoms with Crippen LogP contribution in [0.25, 0.3) is 0 Å². The van der Waals surface area contributed by atoms with Crippen molar-refractivity contribution in [1.29, 1.82) is 0 Å². The number of methoxy groups -OCH3 is 1. The first-order chi connectivity index (χ1) is 9.31. The third kappa shape index (κ3) is 3.28. The van der Waals surface area contributed by atoms with Gasteiger partial charge in [0, 0.05) is 18.3 Å². The number of thiazole rings is 1. The van der Waals surface area contributed by atoms with Gasteiger partial charge >= 0.3 is 12.1 Å². The summed E-state index contributed by atoms with van der Waals surface area (Å²) in [5, 5.41) is 10.8. The molecule has 1 aliphatic heterocycles. The Morgan fingerprint density at radius 2 is 2.35 bits per heavy atom. The van der Waals surface area contributed by atoms with Crippen molar-refractivity contribution >= 4 is 17.3 Å². The second-order valence-corrected chi connectivity index (χ2v) is 5.42. The van der Waals surface area contributed by atoms with Crippen molar-refractivity contribution < 1.29 is 27.8 Å². The van der Waals surface area contributed by atoms with E-state index in [4.69, 9.17) is 0 Å². The zero-order chi connectivity index (χ0) is 14.9. The summed E-state index contributed by atoms with van der Waals surface area (Å²) in [4.78, 5) is 16.6. The maximum atomic E-state index is 12.5. The van der Waals surface area contributed by atoms with E-state index in [1.807, 2.05) is 0 Å². The largest absolute Gasteiger partial charge is 0.468 e. The van der Waals surface area contributed by atoms with Crippen LogP contribution in [0.15, 0.2) is 5.38 Å². The molecular weight excluding hydrogens is 297 g/mol. The molecule has 1 fully saturated rings. The molecule has 0 unspecified atom stereocenters. The van der Waals surface area contributed by atoms with Crippen LogP contribution in [0.2, 0.25) is 0 Å². The molecule has 0 aliphatic carbocycles. The summed E-state index contributed by atoms with van der Waals surface area (Å²) >= 11 is 0.879. The number of alkyl halides is 3. The van der Waals surface area contributed by atoms with Crippen LogP contribution in [0.1, 0.15) is 17.1 Å². The molecule has 2 heterocycles.